The van der Waals surface area contributed by atoms with E-state index >= 15 is 0 Å². The van der Waals surface area contributed by atoms with Crippen LogP contribution in [0.25, 0.3) is 0 Å². The van der Waals surface area contributed by atoms with Crippen molar-refractivity contribution in [2.75, 3.05) is 0 Å². The fourth-order valence-electron chi connectivity index (χ4n) is 0.374. The molecule has 0 aromatic carbocycles. The minimum atomic E-state index is 0.905. The van der Waals surface area contributed by atoms with Crippen molar-refractivity contribution in [2.45, 2.75) is 19.8 Å². The average molecular weight is 100 g/mol. The van der Waals surface area contributed by atoms with Crippen molar-refractivity contribution in [3.8, 4) is 0 Å². The van der Waals surface area contributed by atoms with Crippen LogP contribution < -0.4 is 11.3 Å². The van der Waals surface area contributed by atoms with Crippen LogP contribution in [0.2, 0.25) is 0 Å². The van der Waals surface area contributed by atoms with E-state index in [1.165, 1.54) is 0 Å². The van der Waals surface area contributed by atoms with Gasteiger partial charge in [-0.2, -0.15) is 0 Å². The smallest absolute Gasteiger partial charge is 0.0187 e. The molecule has 0 fully saturated rings. The van der Waals surface area contributed by atoms with Crippen LogP contribution in [0.5, 0.6) is 0 Å². The monoisotopic (exact) mass is 100 g/mol. The van der Waals surface area contributed by atoms with Crippen LogP contribution in [-0.4, -0.2) is 0 Å². The Labute approximate surface area is 44.4 Å². The summed E-state index contributed by atoms with van der Waals surface area (Å²) >= 11 is 0. The molecule has 0 aromatic rings. The van der Waals surface area contributed by atoms with Crippen LogP contribution in [0.4, 0.5) is 0 Å². The lowest BCUT2D eigenvalue weighted by molar-refractivity contribution is 0.778. The molecule has 0 aromatic heterocycles. The van der Waals surface area contributed by atoms with Gasteiger partial charge in [0.25, 0.3) is 0 Å². The van der Waals surface area contributed by atoms with Crippen LogP contribution in [0, 0.1) is 0 Å². The van der Waals surface area contributed by atoms with Gasteiger partial charge >= 0.3 is 0 Å². The maximum absolute atomic E-state index is 5.01. The van der Waals surface area contributed by atoms with Crippen LogP contribution in [0.15, 0.2) is 12.3 Å². The highest BCUT2D eigenvalue weighted by Gasteiger charge is 1.82. The summed E-state index contributed by atoms with van der Waals surface area (Å²) in [5, 5.41) is 0. The van der Waals surface area contributed by atoms with Gasteiger partial charge in [0.05, 0.1) is 0 Å². The maximum atomic E-state index is 5.01. The number of hydrogen-bond donors (Lipinski definition) is 2. The molecule has 0 spiro atoms. The third kappa shape index (κ3) is 3.33. The topological polar surface area (TPSA) is 38.0 Å². The molecule has 2 nitrogen and oxygen atoms in total. The van der Waals surface area contributed by atoms with Gasteiger partial charge in [0.2, 0.25) is 0 Å². The second-order valence-electron chi connectivity index (χ2n) is 1.50. The lowest BCUT2D eigenvalue weighted by Crippen LogP contribution is -2.19. The van der Waals surface area contributed by atoms with Gasteiger partial charge < -0.3 is 5.43 Å². The summed E-state index contributed by atoms with van der Waals surface area (Å²) in [6, 6.07) is 0. The number of hydrazine groups is 1. The van der Waals surface area contributed by atoms with E-state index in [1.54, 1.807) is 0 Å². The molecule has 0 bridgehead atoms. The molecule has 0 radical (unpaired) electrons. The Morgan fingerprint density at radius 1 is 1.86 bits per heavy atom. The molecule has 0 aliphatic rings. The minimum absolute atomic E-state index is 0.905. The van der Waals surface area contributed by atoms with Gasteiger partial charge in [0.15, 0.2) is 0 Å². The first-order chi connectivity index (χ1) is 3.31. The summed E-state index contributed by atoms with van der Waals surface area (Å²) in [5.74, 6) is 5.01. The predicted octanol–water partition coefficient (Wildman–Crippen LogP) is 0.764. The second kappa shape index (κ2) is 3.68. The number of nitrogens with two attached hydrogens (primary N) is 1. The van der Waals surface area contributed by atoms with Gasteiger partial charge in [-0.05, 0) is 6.42 Å². The fraction of sp³-hybridized carbons (Fsp3) is 0.600. The van der Waals surface area contributed by atoms with E-state index < -0.39 is 0 Å². The summed E-state index contributed by atoms with van der Waals surface area (Å²) in [7, 11) is 0. The fourth-order valence-corrected chi connectivity index (χ4v) is 0.374. The Kier molecular flexibility index (Phi) is 3.42. The van der Waals surface area contributed by atoms with Crippen LogP contribution in [-0.2, 0) is 0 Å². The number of hydrogen-bond acceptors (Lipinski definition) is 2. The molecule has 0 heterocycles. The predicted molar refractivity (Wildman–Crippen MR) is 31.4 cm³/mol. The molecular formula is C5H12N2. The first kappa shape index (κ1) is 6.50. The number of nitrogens with one attached hydrogen (secondary N) is 1. The molecule has 0 unspecified atom stereocenters. The molecule has 0 atom stereocenters. The molecule has 0 saturated carbocycles. The molecular weight excluding hydrogens is 88.1 g/mol. The van der Waals surface area contributed by atoms with Crippen molar-refractivity contribution < 1.29 is 0 Å². The molecule has 0 amide bonds. The molecule has 0 aliphatic heterocycles. The van der Waals surface area contributed by atoms with E-state index in [2.05, 4.69) is 18.9 Å². The van der Waals surface area contributed by atoms with Crippen molar-refractivity contribution in [3.63, 3.8) is 0 Å². The molecule has 0 rings (SSSR count). The summed E-state index contributed by atoms with van der Waals surface area (Å²) in [6.07, 6.45) is 2.07. The van der Waals surface area contributed by atoms with Crippen LogP contribution in [0.1, 0.15) is 19.8 Å². The Bertz CT molecular complexity index is 59.1. The average Bonchev–Trinajstić information content (AvgIpc) is 1.68. The van der Waals surface area contributed by atoms with Gasteiger partial charge in [-0.15, -0.1) is 0 Å². The van der Waals surface area contributed by atoms with Crippen molar-refractivity contribution in [2.24, 2.45) is 5.84 Å². The Morgan fingerprint density at radius 3 is 2.57 bits per heavy atom. The highest BCUT2D eigenvalue weighted by atomic mass is 15.2. The zero-order valence-corrected chi connectivity index (χ0v) is 4.70. The lowest BCUT2D eigenvalue weighted by Gasteiger charge is -1.98. The molecule has 0 saturated heterocycles. The maximum Gasteiger partial charge on any atom is 0.0187 e. The Morgan fingerprint density at radius 2 is 2.43 bits per heavy atom. The van der Waals surface area contributed by atoms with Crippen LogP contribution >= 0.6 is 0 Å². The lowest BCUT2D eigenvalue weighted by atomic mass is 10.3. The first-order valence-electron chi connectivity index (χ1n) is 2.45. The normalized spacial score (nSPS) is 8.29. The molecule has 0 aliphatic carbocycles. The Hall–Kier alpha value is -0.500. The molecule has 7 heavy (non-hydrogen) atoms. The zero-order valence-electron chi connectivity index (χ0n) is 4.70. The van der Waals surface area contributed by atoms with Crippen molar-refractivity contribution in [1.82, 2.24) is 5.43 Å². The zero-order chi connectivity index (χ0) is 5.70. The second-order valence-corrected chi connectivity index (χ2v) is 1.50. The summed E-state index contributed by atoms with van der Waals surface area (Å²) in [5.41, 5.74) is 3.38. The van der Waals surface area contributed by atoms with E-state index in [0.29, 0.717) is 0 Å². The van der Waals surface area contributed by atoms with E-state index in [4.69, 9.17) is 5.84 Å². The number of rotatable bonds is 3. The SMILES string of the molecule is C=C(CCC)NN. The van der Waals surface area contributed by atoms with E-state index in [9.17, 15) is 0 Å². The van der Waals surface area contributed by atoms with Gasteiger partial charge in [0.1, 0.15) is 0 Å². The van der Waals surface area contributed by atoms with E-state index in [0.717, 1.165) is 18.5 Å². The largest absolute Gasteiger partial charge is 0.329 e. The van der Waals surface area contributed by atoms with Crippen LogP contribution in [0.3, 0.4) is 0 Å². The third-order valence-electron chi connectivity index (χ3n) is 0.756. The molecule has 2 heteroatoms. The van der Waals surface area contributed by atoms with Gasteiger partial charge in [-0.1, -0.05) is 19.9 Å². The third-order valence-corrected chi connectivity index (χ3v) is 0.756. The van der Waals surface area contributed by atoms with Crippen molar-refractivity contribution in [1.29, 1.82) is 0 Å². The molecule has 3 N–H and O–H groups in total. The quantitative estimate of drug-likeness (QED) is 0.406. The minimum Gasteiger partial charge on any atom is -0.329 e. The van der Waals surface area contributed by atoms with E-state index in [1.807, 2.05) is 0 Å². The highest BCUT2D eigenvalue weighted by molar-refractivity contribution is 4.86. The van der Waals surface area contributed by atoms with Gasteiger partial charge in [0, 0.05) is 5.70 Å². The van der Waals surface area contributed by atoms with E-state index in [-0.39, 0.29) is 0 Å². The molecule has 42 valence electrons. The summed E-state index contributed by atoms with van der Waals surface area (Å²) in [6.45, 7) is 5.71. The first-order valence-corrected chi connectivity index (χ1v) is 2.45. The standard InChI is InChI=1S/C5H12N2/c1-3-4-5(2)7-6/h7H,2-4,6H2,1H3. The Balaban J connectivity index is 3.00. The summed E-state index contributed by atoms with van der Waals surface area (Å²) < 4.78 is 0. The van der Waals surface area contributed by atoms with Gasteiger partial charge in [-0.3, -0.25) is 5.84 Å². The van der Waals surface area contributed by atoms with Crippen molar-refractivity contribution >= 4 is 0 Å². The highest BCUT2D eigenvalue weighted by Crippen LogP contribution is 1.92. The summed E-state index contributed by atoms with van der Waals surface area (Å²) in [4.78, 5) is 0. The number of allylic oxidation sites excluding steroid dienone is 1. The van der Waals surface area contributed by atoms with Crippen molar-refractivity contribution in [3.05, 3.63) is 12.3 Å². The van der Waals surface area contributed by atoms with Gasteiger partial charge in [-0.25, -0.2) is 0 Å².